The number of aryl methyl sites for hydroxylation is 1. The van der Waals surface area contributed by atoms with Crippen LogP contribution in [0.1, 0.15) is 29.3 Å². The highest BCUT2D eigenvalue weighted by atomic mass is 32.1. The molecule has 1 aromatic carbocycles. The Labute approximate surface area is 128 Å². The van der Waals surface area contributed by atoms with Crippen LogP contribution in [0.5, 0.6) is 0 Å². The predicted molar refractivity (Wildman–Crippen MR) is 87.2 cm³/mol. The van der Waals surface area contributed by atoms with E-state index in [1.807, 2.05) is 34.5 Å². The highest BCUT2D eigenvalue weighted by Crippen LogP contribution is 2.36. The summed E-state index contributed by atoms with van der Waals surface area (Å²) in [6, 6.07) is 13.0. The largest absolute Gasteiger partial charge is 0.376 e. The lowest BCUT2D eigenvalue weighted by Gasteiger charge is -2.25. The van der Waals surface area contributed by atoms with Crippen molar-refractivity contribution in [2.75, 3.05) is 5.32 Å². The minimum Gasteiger partial charge on any atom is -0.376 e. The van der Waals surface area contributed by atoms with Gasteiger partial charge in [0.2, 0.25) is 0 Å². The second-order valence-electron chi connectivity index (χ2n) is 5.36. The smallest absolute Gasteiger partial charge is 0.0876 e. The van der Waals surface area contributed by atoms with Gasteiger partial charge in [-0.1, -0.05) is 12.1 Å². The Morgan fingerprint density at radius 1 is 1.19 bits per heavy atom. The molecule has 21 heavy (non-hydrogen) atoms. The van der Waals surface area contributed by atoms with Crippen LogP contribution in [0.15, 0.2) is 54.2 Å². The highest BCUT2D eigenvalue weighted by molar-refractivity contribution is 7.10. The fourth-order valence-corrected chi connectivity index (χ4v) is 4.02. The molecular weight excluding hydrogens is 278 g/mol. The summed E-state index contributed by atoms with van der Waals surface area (Å²) >= 11 is 1.88. The first-order chi connectivity index (χ1) is 10.4. The zero-order valence-electron chi connectivity index (χ0n) is 11.7. The fraction of sp³-hybridized carbons (Fsp3) is 0.235. The number of nitrogens with one attached hydrogen (secondary N) is 1. The summed E-state index contributed by atoms with van der Waals surface area (Å²) in [4.78, 5) is 1.54. The maximum absolute atomic E-state index is 4.35. The van der Waals surface area contributed by atoms with Gasteiger partial charge in [-0.3, -0.25) is 0 Å². The average molecular weight is 295 g/mol. The summed E-state index contributed by atoms with van der Waals surface area (Å²) in [6.07, 6.45) is 7.48. The Kier molecular flexibility index (Phi) is 3.24. The Bertz CT molecular complexity index is 730. The number of aromatic nitrogens is 2. The number of fused-ring (bicyclic) bond motifs is 1. The summed E-state index contributed by atoms with van der Waals surface area (Å²) in [7, 11) is 0. The van der Waals surface area contributed by atoms with Crippen molar-refractivity contribution in [3.63, 3.8) is 0 Å². The summed E-state index contributed by atoms with van der Waals surface area (Å²) in [6.45, 7) is 0. The SMILES string of the molecule is c1ccc(-n2cccn2)c(NC2CCCc3sccc32)c1. The van der Waals surface area contributed by atoms with Crippen LogP contribution < -0.4 is 5.32 Å². The number of hydrogen-bond donors (Lipinski definition) is 1. The molecule has 0 aliphatic heterocycles. The third-order valence-corrected chi connectivity index (χ3v) is 5.03. The molecule has 1 atom stereocenters. The van der Waals surface area contributed by atoms with Crippen LogP contribution in [0, 0.1) is 0 Å². The van der Waals surface area contributed by atoms with E-state index in [0.717, 1.165) is 11.4 Å². The molecule has 106 valence electrons. The van der Waals surface area contributed by atoms with E-state index in [9.17, 15) is 0 Å². The monoisotopic (exact) mass is 295 g/mol. The van der Waals surface area contributed by atoms with Crippen molar-refractivity contribution in [3.8, 4) is 5.69 Å². The first kappa shape index (κ1) is 12.7. The molecule has 0 spiro atoms. The van der Waals surface area contributed by atoms with Gasteiger partial charge in [0.15, 0.2) is 0 Å². The Hall–Kier alpha value is -2.07. The Morgan fingerprint density at radius 2 is 2.14 bits per heavy atom. The van der Waals surface area contributed by atoms with Crippen LogP contribution >= 0.6 is 11.3 Å². The zero-order chi connectivity index (χ0) is 14.1. The zero-order valence-corrected chi connectivity index (χ0v) is 12.5. The van der Waals surface area contributed by atoms with E-state index in [1.165, 1.54) is 29.7 Å². The molecule has 0 fully saturated rings. The van der Waals surface area contributed by atoms with Gasteiger partial charge in [-0.2, -0.15) is 5.10 Å². The molecule has 3 nitrogen and oxygen atoms in total. The van der Waals surface area contributed by atoms with Crippen LogP contribution in [-0.4, -0.2) is 9.78 Å². The van der Waals surface area contributed by atoms with Crippen LogP contribution in [0.2, 0.25) is 0 Å². The van der Waals surface area contributed by atoms with Crippen molar-refractivity contribution >= 4 is 17.0 Å². The van der Waals surface area contributed by atoms with Crippen molar-refractivity contribution < 1.29 is 0 Å². The molecule has 0 amide bonds. The van der Waals surface area contributed by atoms with E-state index in [4.69, 9.17) is 0 Å². The lowest BCUT2D eigenvalue weighted by molar-refractivity contribution is 0.608. The summed E-state index contributed by atoms with van der Waals surface area (Å²) in [5.41, 5.74) is 3.72. The van der Waals surface area contributed by atoms with Crippen molar-refractivity contribution in [2.24, 2.45) is 0 Å². The van der Waals surface area contributed by atoms with Crippen molar-refractivity contribution in [1.82, 2.24) is 9.78 Å². The third kappa shape index (κ3) is 2.36. The predicted octanol–water partition coefficient (Wildman–Crippen LogP) is 4.42. The number of thiophene rings is 1. The second-order valence-corrected chi connectivity index (χ2v) is 6.36. The first-order valence-corrected chi connectivity index (χ1v) is 8.21. The molecule has 1 aliphatic rings. The van der Waals surface area contributed by atoms with Crippen molar-refractivity contribution in [1.29, 1.82) is 0 Å². The number of hydrogen-bond acceptors (Lipinski definition) is 3. The Morgan fingerprint density at radius 3 is 3.05 bits per heavy atom. The molecule has 0 bridgehead atoms. The summed E-state index contributed by atoms with van der Waals surface area (Å²) in [5, 5.41) is 10.3. The molecule has 0 saturated heterocycles. The van der Waals surface area contributed by atoms with Gasteiger partial charge in [0.25, 0.3) is 0 Å². The molecule has 1 unspecified atom stereocenters. The van der Waals surface area contributed by atoms with E-state index in [1.54, 1.807) is 0 Å². The van der Waals surface area contributed by atoms with E-state index in [-0.39, 0.29) is 0 Å². The number of anilines is 1. The van der Waals surface area contributed by atoms with Crippen LogP contribution in [0.4, 0.5) is 5.69 Å². The van der Waals surface area contributed by atoms with Gasteiger partial charge in [-0.15, -0.1) is 11.3 Å². The van der Waals surface area contributed by atoms with Gasteiger partial charge < -0.3 is 5.32 Å². The van der Waals surface area contributed by atoms with Gasteiger partial charge in [0.05, 0.1) is 17.4 Å². The van der Waals surface area contributed by atoms with E-state index >= 15 is 0 Å². The van der Waals surface area contributed by atoms with Gasteiger partial charge in [-0.25, -0.2) is 4.68 Å². The topological polar surface area (TPSA) is 29.9 Å². The number of benzene rings is 1. The maximum atomic E-state index is 4.35. The molecule has 0 saturated carbocycles. The van der Waals surface area contributed by atoms with Crippen LogP contribution in [0.25, 0.3) is 5.69 Å². The highest BCUT2D eigenvalue weighted by Gasteiger charge is 2.21. The molecule has 2 aromatic heterocycles. The van der Waals surface area contributed by atoms with Crippen molar-refractivity contribution in [3.05, 3.63) is 64.6 Å². The third-order valence-electron chi connectivity index (χ3n) is 4.04. The fourth-order valence-electron chi connectivity index (χ4n) is 3.03. The van der Waals surface area contributed by atoms with Crippen LogP contribution in [-0.2, 0) is 6.42 Å². The molecule has 4 rings (SSSR count). The van der Waals surface area contributed by atoms with E-state index in [2.05, 4.69) is 46.1 Å². The van der Waals surface area contributed by atoms with Gasteiger partial charge in [0.1, 0.15) is 0 Å². The van der Waals surface area contributed by atoms with E-state index in [0.29, 0.717) is 6.04 Å². The molecule has 4 heteroatoms. The normalized spacial score (nSPS) is 17.4. The quantitative estimate of drug-likeness (QED) is 0.775. The molecule has 0 radical (unpaired) electrons. The minimum absolute atomic E-state index is 0.414. The van der Waals surface area contributed by atoms with E-state index < -0.39 is 0 Å². The van der Waals surface area contributed by atoms with Gasteiger partial charge >= 0.3 is 0 Å². The standard InChI is InChI=1S/C17H17N3S/c1-2-7-16(20-11-4-10-18-20)15(5-1)19-14-6-3-8-17-13(14)9-12-21-17/h1-2,4-5,7,9-12,14,19H,3,6,8H2. The molecule has 2 heterocycles. The lowest BCUT2D eigenvalue weighted by atomic mass is 9.94. The first-order valence-electron chi connectivity index (χ1n) is 7.34. The minimum atomic E-state index is 0.414. The van der Waals surface area contributed by atoms with Crippen LogP contribution in [0.3, 0.4) is 0 Å². The lowest BCUT2D eigenvalue weighted by Crippen LogP contribution is -2.16. The molecule has 1 N–H and O–H groups in total. The molecule has 1 aliphatic carbocycles. The Balaban J connectivity index is 1.68. The van der Waals surface area contributed by atoms with Gasteiger partial charge in [-0.05, 0) is 54.5 Å². The maximum Gasteiger partial charge on any atom is 0.0876 e. The van der Waals surface area contributed by atoms with Crippen molar-refractivity contribution in [2.45, 2.75) is 25.3 Å². The number of rotatable bonds is 3. The molecular formula is C17H17N3S. The van der Waals surface area contributed by atoms with Gasteiger partial charge in [0, 0.05) is 17.3 Å². The second kappa shape index (κ2) is 5.37. The number of nitrogens with zero attached hydrogens (tertiary/aromatic N) is 2. The molecule has 3 aromatic rings. The summed E-state index contributed by atoms with van der Waals surface area (Å²) < 4.78 is 1.92. The number of para-hydroxylation sites is 2. The summed E-state index contributed by atoms with van der Waals surface area (Å²) in [5.74, 6) is 0. The average Bonchev–Trinajstić information content (AvgIpc) is 3.20.